The van der Waals surface area contributed by atoms with Gasteiger partial charge >= 0.3 is 0 Å². The molecule has 5 rings (SSSR count). The van der Waals surface area contributed by atoms with Gasteiger partial charge < -0.3 is 24.8 Å². The molecule has 1 saturated heterocycles. The summed E-state index contributed by atoms with van der Waals surface area (Å²) in [5.41, 5.74) is 2.47. The number of halogens is 2. The molecule has 1 aromatic heterocycles. The minimum absolute atomic E-state index is 0.178. The second-order valence-corrected chi connectivity index (χ2v) is 10.0. The van der Waals surface area contributed by atoms with Gasteiger partial charge in [0.1, 0.15) is 36.1 Å². The van der Waals surface area contributed by atoms with E-state index < -0.39 is 0 Å². The first-order chi connectivity index (χ1) is 20.5. The maximum atomic E-state index is 13.5. The highest BCUT2D eigenvalue weighted by atomic mass is 35.5. The van der Waals surface area contributed by atoms with Crippen LogP contribution in [0.5, 0.6) is 11.5 Å². The Balaban J connectivity index is 1.31. The molecule has 42 heavy (non-hydrogen) atoms. The SMILES string of the molecule is C=CC(=O)Nc1cc2c(Nc3ccc(OCc4cccc(F)c4)c(Cl)c3)ncnc2cc1OCCCN1CCOCC1. The van der Waals surface area contributed by atoms with Crippen LogP contribution in [0, 0.1) is 5.82 Å². The number of rotatable bonds is 12. The van der Waals surface area contributed by atoms with Gasteiger partial charge in [-0.3, -0.25) is 9.69 Å². The van der Waals surface area contributed by atoms with Crippen molar-refractivity contribution >= 4 is 45.6 Å². The molecule has 1 aliphatic rings. The highest BCUT2D eigenvalue weighted by molar-refractivity contribution is 6.32. The lowest BCUT2D eigenvalue weighted by Crippen LogP contribution is -2.37. The number of hydrogen-bond donors (Lipinski definition) is 2. The molecule has 0 aliphatic carbocycles. The molecule has 1 amide bonds. The number of hydrogen-bond acceptors (Lipinski definition) is 8. The van der Waals surface area contributed by atoms with Crippen molar-refractivity contribution in [2.24, 2.45) is 0 Å². The summed E-state index contributed by atoms with van der Waals surface area (Å²) >= 11 is 6.49. The number of amides is 1. The Morgan fingerprint density at radius 3 is 2.74 bits per heavy atom. The minimum atomic E-state index is -0.362. The zero-order valence-corrected chi connectivity index (χ0v) is 23.7. The number of carbonyl (C=O) groups excluding carboxylic acids is 1. The Morgan fingerprint density at radius 1 is 1.10 bits per heavy atom. The quantitative estimate of drug-likeness (QED) is 0.154. The van der Waals surface area contributed by atoms with Crippen molar-refractivity contribution in [3.63, 3.8) is 0 Å². The molecule has 3 aromatic carbocycles. The van der Waals surface area contributed by atoms with Crippen LogP contribution in [-0.2, 0) is 16.1 Å². The summed E-state index contributed by atoms with van der Waals surface area (Å²) in [5.74, 6) is 0.793. The molecule has 9 nitrogen and oxygen atoms in total. The van der Waals surface area contributed by atoms with Crippen LogP contribution < -0.4 is 20.1 Å². The van der Waals surface area contributed by atoms with E-state index >= 15 is 0 Å². The second-order valence-electron chi connectivity index (χ2n) is 9.63. The molecule has 0 saturated carbocycles. The molecule has 11 heteroatoms. The normalized spacial score (nSPS) is 13.5. The molecule has 1 aliphatic heterocycles. The van der Waals surface area contributed by atoms with Crippen LogP contribution in [0.4, 0.5) is 21.6 Å². The van der Waals surface area contributed by atoms with Crippen LogP contribution in [0.3, 0.4) is 0 Å². The van der Waals surface area contributed by atoms with E-state index in [1.165, 1.54) is 24.5 Å². The van der Waals surface area contributed by atoms with Crippen molar-refractivity contribution in [3.8, 4) is 11.5 Å². The van der Waals surface area contributed by atoms with Crippen LogP contribution in [0.2, 0.25) is 5.02 Å². The van der Waals surface area contributed by atoms with Gasteiger partial charge in [-0.2, -0.15) is 0 Å². The number of morpholine rings is 1. The minimum Gasteiger partial charge on any atom is -0.491 e. The third-order valence-electron chi connectivity index (χ3n) is 6.64. The number of nitrogens with one attached hydrogen (secondary N) is 2. The first-order valence-corrected chi connectivity index (χ1v) is 13.9. The molecule has 0 spiro atoms. The Bertz CT molecular complexity index is 1560. The van der Waals surface area contributed by atoms with Crippen molar-refractivity contribution in [3.05, 3.63) is 90.0 Å². The van der Waals surface area contributed by atoms with Gasteiger partial charge in [-0.15, -0.1) is 0 Å². The number of nitrogens with zero attached hydrogens (tertiary/aromatic N) is 3. The predicted octanol–water partition coefficient (Wildman–Crippen LogP) is 5.97. The van der Waals surface area contributed by atoms with Crippen LogP contribution >= 0.6 is 11.6 Å². The fourth-order valence-electron chi connectivity index (χ4n) is 4.50. The van der Waals surface area contributed by atoms with Gasteiger partial charge in [0.25, 0.3) is 0 Å². The summed E-state index contributed by atoms with van der Waals surface area (Å²) in [5, 5.41) is 7.14. The van der Waals surface area contributed by atoms with E-state index in [1.54, 1.807) is 42.5 Å². The fraction of sp³-hybridized carbons (Fsp3) is 0.258. The number of fused-ring (bicyclic) bond motifs is 1. The molecule has 4 aromatic rings. The van der Waals surface area contributed by atoms with Gasteiger partial charge in [-0.1, -0.05) is 30.3 Å². The maximum absolute atomic E-state index is 13.5. The third kappa shape index (κ3) is 7.73. The van der Waals surface area contributed by atoms with Crippen molar-refractivity contribution in [1.29, 1.82) is 0 Å². The molecule has 0 bridgehead atoms. The molecule has 218 valence electrons. The van der Waals surface area contributed by atoms with Crippen LogP contribution in [0.25, 0.3) is 10.9 Å². The van der Waals surface area contributed by atoms with Gasteiger partial charge in [-0.05, 0) is 54.5 Å². The van der Waals surface area contributed by atoms with Gasteiger partial charge in [0, 0.05) is 36.8 Å². The zero-order valence-electron chi connectivity index (χ0n) is 22.9. The number of aromatic nitrogens is 2. The lowest BCUT2D eigenvalue weighted by atomic mass is 10.1. The topological polar surface area (TPSA) is 97.8 Å². The first-order valence-electron chi connectivity index (χ1n) is 13.6. The number of anilines is 3. The predicted molar refractivity (Wildman–Crippen MR) is 161 cm³/mol. The molecular formula is C31H31ClFN5O4. The van der Waals surface area contributed by atoms with Crippen molar-refractivity contribution in [2.45, 2.75) is 13.0 Å². The summed E-state index contributed by atoms with van der Waals surface area (Å²) in [4.78, 5) is 23.4. The largest absolute Gasteiger partial charge is 0.491 e. The zero-order chi connectivity index (χ0) is 29.3. The summed E-state index contributed by atoms with van der Waals surface area (Å²) in [6.07, 6.45) is 3.48. The van der Waals surface area contributed by atoms with E-state index in [0.29, 0.717) is 56.8 Å². The van der Waals surface area contributed by atoms with E-state index in [2.05, 4.69) is 32.1 Å². The molecule has 0 radical (unpaired) electrons. The fourth-order valence-corrected chi connectivity index (χ4v) is 4.73. The van der Waals surface area contributed by atoms with Crippen molar-refractivity contribution in [2.75, 3.05) is 50.1 Å². The lowest BCUT2D eigenvalue weighted by Gasteiger charge is -2.26. The van der Waals surface area contributed by atoms with Crippen LogP contribution in [0.1, 0.15) is 12.0 Å². The average molecular weight is 592 g/mol. The molecule has 2 N–H and O–H groups in total. The number of carbonyl (C=O) groups is 1. The summed E-state index contributed by atoms with van der Waals surface area (Å²) in [6, 6.07) is 15.0. The summed E-state index contributed by atoms with van der Waals surface area (Å²) in [7, 11) is 0. The Kier molecular flexibility index (Phi) is 9.81. The second kappa shape index (κ2) is 14.1. The first kappa shape index (κ1) is 29.2. The summed E-state index contributed by atoms with van der Waals surface area (Å²) < 4.78 is 30.7. The Hall–Kier alpha value is -4.25. The standard InChI is InChI=1S/C31H31ClFN5O4/c1-2-30(39)37-27-17-24-26(18-29(27)41-12-4-9-38-10-13-40-14-11-38)34-20-35-31(24)36-23-7-8-28(25(32)16-23)42-19-21-5-3-6-22(33)15-21/h2-3,5-8,15-18,20H,1,4,9-14,19H2,(H,37,39)(H,34,35,36). The van der Waals surface area contributed by atoms with Crippen molar-refractivity contribution < 1.29 is 23.4 Å². The Morgan fingerprint density at radius 2 is 1.95 bits per heavy atom. The monoisotopic (exact) mass is 591 g/mol. The summed E-state index contributed by atoms with van der Waals surface area (Å²) in [6.45, 7) is 8.44. The smallest absolute Gasteiger partial charge is 0.247 e. The number of benzene rings is 3. The molecule has 2 heterocycles. The molecule has 0 atom stereocenters. The number of ether oxygens (including phenoxy) is 3. The molecule has 0 unspecified atom stereocenters. The van der Waals surface area contributed by atoms with Crippen LogP contribution in [0.15, 0.2) is 73.6 Å². The Labute approximate surface area is 248 Å². The van der Waals surface area contributed by atoms with E-state index in [1.807, 2.05) is 0 Å². The van der Waals surface area contributed by atoms with E-state index in [4.69, 9.17) is 25.8 Å². The van der Waals surface area contributed by atoms with Crippen LogP contribution in [-0.4, -0.2) is 60.2 Å². The van der Waals surface area contributed by atoms with Gasteiger partial charge in [0.05, 0.1) is 36.0 Å². The average Bonchev–Trinajstić information content (AvgIpc) is 3.00. The van der Waals surface area contributed by atoms with E-state index in [0.717, 1.165) is 39.3 Å². The maximum Gasteiger partial charge on any atom is 0.247 e. The van der Waals surface area contributed by atoms with Gasteiger partial charge in [-0.25, -0.2) is 14.4 Å². The highest BCUT2D eigenvalue weighted by Gasteiger charge is 2.15. The van der Waals surface area contributed by atoms with Gasteiger partial charge in [0.15, 0.2) is 0 Å². The lowest BCUT2D eigenvalue weighted by molar-refractivity contribution is -0.111. The third-order valence-corrected chi connectivity index (χ3v) is 6.93. The van der Waals surface area contributed by atoms with Gasteiger partial charge in [0.2, 0.25) is 5.91 Å². The highest BCUT2D eigenvalue weighted by Crippen LogP contribution is 2.35. The molecule has 1 fully saturated rings. The van der Waals surface area contributed by atoms with Crippen molar-refractivity contribution in [1.82, 2.24) is 14.9 Å². The molecular weight excluding hydrogens is 561 g/mol. The van der Waals surface area contributed by atoms with E-state index in [-0.39, 0.29) is 18.3 Å². The van der Waals surface area contributed by atoms with E-state index in [9.17, 15) is 9.18 Å².